The second-order valence-corrected chi connectivity index (χ2v) is 5.45. The van der Waals surface area contributed by atoms with Crippen LogP contribution in [0, 0.1) is 20.8 Å². The molecule has 2 heterocycles. The Morgan fingerprint density at radius 2 is 1.95 bits per heavy atom. The predicted octanol–water partition coefficient (Wildman–Crippen LogP) is 2.91. The standard InChI is InChI=1S/C16H19N5/c1-10-6-5-7-13-15(10)17-8-11(2)16(13)21(4)9-14-18-12(3)19-20-14/h5-8H,9H2,1-4H3,(H,18,19,20). The molecule has 0 fully saturated rings. The van der Waals surface area contributed by atoms with E-state index in [1.807, 2.05) is 13.1 Å². The van der Waals surface area contributed by atoms with E-state index in [0.717, 1.165) is 22.7 Å². The number of pyridine rings is 1. The van der Waals surface area contributed by atoms with Crippen LogP contribution in [0.2, 0.25) is 0 Å². The summed E-state index contributed by atoms with van der Waals surface area (Å²) in [6, 6.07) is 6.29. The van der Waals surface area contributed by atoms with Gasteiger partial charge in [0.1, 0.15) is 5.82 Å². The van der Waals surface area contributed by atoms with Gasteiger partial charge in [-0.25, -0.2) is 4.98 Å². The van der Waals surface area contributed by atoms with Crippen molar-refractivity contribution in [1.82, 2.24) is 20.2 Å². The number of aromatic nitrogens is 4. The number of H-pyrrole nitrogens is 1. The average molecular weight is 281 g/mol. The lowest BCUT2D eigenvalue weighted by Gasteiger charge is -2.22. The molecule has 0 bridgehead atoms. The van der Waals surface area contributed by atoms with Gasteiger partial charge in [-0.15, -0.1) is 0 Å². The molecule has 0 aliphatic heterocycles. The van der Waals surface area contributed by atoms with Crippen molar-refractivity contribution in [2.24, 2.45) is 0 Å². The summed E-state index contributed by atoms with van der Waals surface area (Å²) in [5, 5.41) is 8.27. The van der Waals surface area contributed by atoms with Crippen molar-refractivity contribution in [2.45, 2.75) is 27.3 Å². The van der Waals surface area contributed by atoms with E-state index in [4.69, 9.17) is 0 Å². The fourth-order valence-electron chi connectivity index (χ4n) is 2.71. The van der Waals surface area contributed by atoms with E-state index in [1.165, 1.54) is 16.6 Å². The van der Waals surface area contributed by atoms with E-state index < -0.39 is 0 Å². The molecule has 0 saturated carbocycles. The van der Waals surface area contributed by atoms with Gasteiger partial charge in [-0.3, -0.25) is 10.1 Å². The van der Waals surface area contributed by atoms with E-state index in [-0.39, 0.29) is 0 Å². The Bertz CT molecular complexity index is 790. The van der Waals surface area contributed by atoms with Crippen molar-refractivity contribution in [2.75, 3.05) is 11.9 Å². The van der Waals surface area contributed by atoms with Gasteiger partial charge in [-0.2, -0.15) is 5.10 Å². The zero-order valence-electron chi connectivity index (χ0n) is 12.8. The van der Waals surface area contributed by atoms with Crippen LogP contribution in [0.3, 0.4) is 0 Å². The molecule has 0 aliphatic rings. The molecule has 5 heteroatoms. The molecule has 21 heavy (non-hydrogen) atoms. The molecule has 5 nitrogen and oxygen atoms in total. The number of aromatic amines is 1. The Balaban J connectivity index is 2.06. The Morgan fingerprint density at radius 3 is 2.67 bits per heavy atom. The summed E-state index contributed by atoms with van der Waals surface area (Å²) in [5.41, 5.74) is 4.58. The molecule has 1 aromatic carbocycles. The van der Waals surface area contributed by atoms with Crippen LogP contribution in [-0.2, 0) is 6.54 Å². The fourth-order valence-corrected chi connectivity index (χ4v) is 2.71. The van der Waals surface area contributed by atoms with Crippen molar-refractivity contribution >= 4 is 16.6 Å². The van der Waals surface area contributed by atoms with Crippen molar-refractivity contribution in [3.63, 3.8) is 0 Å². The minimum Gasteiger partial charge on any atom is -0.366 e. The number of aryl methyl sites for hydroxylation is 3. The van der Waals surface area contributed by atoms with Crippen molar-refractivity contribution in [3.05, 3.63) is 47.2 Å². The molecule has 0 atom stereocenters. The first kappa shape index (κ1) is 13.5. The van der Waals surface area contributed by atoms with Gasteiger partial charge >= 0.3 is 0 Å². The summed E-state index contributed by atoms with van der Waals surface area (Å²) in [5.74, 6) is 1.64. The minimum atomic E-state index is 0.665. The predicted molar refractivity (Wildman–Crippen MR) is 84.4 cm³/mol. The van der Waals surface area contributed by atoms with Gasteiger partial charge in [-0.05, 0) is 31.9 Å². The number of anilines is 1. The van der Waals surface area contributed by atoms with Gasteiger partial charge in [0.2, 0.25) is 0 Å². The summed E-state index contributed by atoms with van der Waals surface area (Å²) in [6.45, 7) is 6.75. The Labute approximate surface area is 124 Å². The molecule has 3 rings (SSSR count). The third-order valence-electron chi connectivity index (χ3n) is 3.66. The number of para-hydroxylation sites is 1. The van der Waals surface area contributed by atoms with Crippen LogP contribution in [0.25, 0.3) is 10.9 Å². The first-order valence-electron chi connectivity index (χ1n) is 7.00. The van der Waals surface area contributed by atoms with Crippen LogP contribution >= 0.6 is 0 Å². The highest BCUT2D eigenvalue weighted by molar-refractivity contribution is 5.94. The highest BCUT2D eigenvalue weighted by atomic mass is 15.2. The largest absolute Gasteiger partial charge is 0.366 e. The van der Waals surface area contributed by atoms with Crippen molar-refractivity contribution in [1.29, 1.82) is 0 Å². The molecule has 0 amide bonds. The van der Waals surface area contributed by atoms with E-state index in [0.29, 0.717) is 6.54 Å². The van der Waals surface area contributed by atoms with Gasteiger partial charge in [0, 0.05) is 18.6 Å². The molecule has 3 aromatic rings. The number of rotatable bonds is 3. The average Bonchev–Trinajstić information content (AvgIpc) is 2.84. The number of nitrogens with zero attached hydrogens (tertiary/aromatic N) is 4. The van der Waals surface area contributed by atoms with E-state index >= 15 is 0 Å². The van der Waals surface area contributed by atoms with Crippen LogP contribution < -0.4 is 4.90 Å². The topological polar surface area (TPSA) is 57.7 Å². The summed E-state index contributed by atoms with van der Waals surface area (Å²) in [4.78, 5) is 11.1. The van der Waals surface area contributed by atoms with Crippen LogP contribution in [0.4, 0.5) is 5.69 Å². The van der Waals surface area contributed by atoms with Crippen LogP contribution in [0.15, 0.2) is 24.4 Å². The SMILES string of the molecule is Cc1nc(CN(C)c2c(C)cnc3c(C)cccc23)n[nH]1. The van der Waals surface area contributed by atoms with Crippen LogP contribution in [-0.4, -0.2) is 27.2 Å². The number of fused-ring (bicyclic) bond motifs is 1. The molecule has 0 unspecified atom stereocenters. The van der Waals surface area contributed by atoms with Crippen molar-refractivity contribution < 1.29 is 0 Å². The summed E-state index contributed by atoms with van der Waals surface area (Å²) in [7, 11) is 2.07. The summed E-state index contributed by atoms with van der Waals surface area (Å²) < 4.78 is 0. The molecule has 0 radical (unpaired) electrons. The van der Waals surface area contributed by atoms with E-state index in [1.54, 1.807) is 0 Å². The highest BCUT2D eigenvalue weighted by Gasteiger charge is 2.13. The second kappa shape index (κ2) is 5.16. The third kappa shape index (κ3) is 2.46. The fraction of sp³-hybridized carbons (Fsp3) is 0.312. The molecule has 0 spiro atoms. The van der Waals surface area contributed by atoms with Crippen LogP contribution in [0.1, 0.15) is 22.8 Å². The van der Waals surface area contributed by atoms with Gasteiger partial charge in [0.05, 0.1) is 17.7 Å². The molecule has 2 aromatic heterocycles. The Morgan fingerprint density at radius 1 is 1.14 bits per heavy atom. The van der Waals surface area contributed by atoms with Gasteiger partial charge < -0.3 is 4.90 Å². The lowest BCUT2D eigenvalue weighted by Crippen LogP contribution is -2.19. The monoisotopic (exact) mass is 281 g/mol. The third-order valence-corrected chi connectivity index (χ3v) is 3.66. The lowest BCUT2D eigenvalue weighted by molar-refractivity contribution is 0.843. The molecule has 0 saturated heterocycles. The molecular formula is C16H19N5. The maximum Gasteiger partial charge on any atom is 0.169 e. The lowest BCUT2D eigenvalue weighted by atomic mass is 10.1. The smallest absolute Gasteiger partial charge is 0.169 e. The summed E-state index contributed by atoms with van der Waals surface area (Å²) >= 11 is 0. The van der Waals surface area contributed by atoms with Gasteiger partial charge in [0.25, 0.3) is 0 Å². The zero-order valence-corrected chi connectivity index (χ0v) is 12.8. The molecule has 1 N–H and O–H groups in total. The van der Waals surface area contributed by atoms with Crippen LogP contribution in [0.5, 0.6) is 0 Å². The molecular weight excluding hydrogens is 262 g/mol. The van der Waals surface area contributed by atoms with E-state index in [9.17, 15) is 0 Å². The number of hydrogen-bond acceptors (Lipinski definition) is 4. The second-order valence-electron chi connectivity index (χ2n) is 5.45. The Hall–Kier alpha value is -2.43. The van der Waals surface area contributed by atoms with Crippen molar-refractivity contribution in [3.8, 4) is 0 Å². The van der Waals surface area contributed by atoms with Gasteiger partial charge in [0.15, 0.2) is 5.82 Å². The molecule has 0 aliphatic carbocycles. The summed E-state index contributed by atoms with van der Waals surface area (Å²) in [6.07, 6.45) is 1.93. The normalized spacial score (nSPS) is 11.0. The molecule has 108 valence electrons. The number of benzene rings is 1. The van der Waals surface area contributed by atoms with E-state index in [2.05, 4.69) is 64.2 Å². The number of hydrogen-bond donors (Lipinski definition) is 1. The zero-order chi connectivity index (χ0) is 15.0. The minimum absolute atomic E-state index is 0.665. The van der Waals surface area contributed by atoms with Gasteiger partial charge in [-0.1, -0.05) is 18.2 Å². The quantitative estimate of drug-likeness (QED) is 0.802. The Kier molecular flexibility index (Phi) is 3.33. The first-order chi connectivity index (χ1) is 10.1. The highest BCUT2D eigenvalue weighted by Crippen LogP contribution is 2.30. The maximum atomic E-state index is 4.57. The first-order valence-corrected chi connectivity index (χ1v) is 7.00. The maximum absolute atomic E-state index is 4.57. The number of nitrogens with one attached hydrogen (secondary N) is 1.